The van der Waals surface area contributed by atoms with Gasteiger partial charge in [0.05, 0.1) is 5.52 Å². The maximum absolute atomic E-state index is 11.9. The van der Waals surface area contributed by atoms with E-state index in [2.05, 4.69) is 9.55 Å². The molecule has 82 valence electrons. The van der Waals surface area contributed by atoms with E-state index in [4.69, 9.17) is 0 Å². The van der Waals surface area contributed by atoms with Gasteiger partial charge in [-0.1, -0.05) is 0 Å². The molecule has 2 aromatic rings. The van der Waals surface area contributed by atoms with E-state index in [0.717, 1.165) is 42.8 Å². The molecule has 3 heterocycles. The van der Waals surface area contributed by atoms with Crippen LogP contribution in [-0.2, 0) is 25.8 Å². The number of rotatable bonds is 0. The van der Waals surface area contributed by atoms with Crippen LogP contribution in [0.1, 0.15) is 29.1 Å². The average molecular weight is 232 g/mol. The summed E-state index contributed by atoms with van der Waals surface area (Å²) >= 11 is 1.68. The van der Waals surface area contributed by atoms with E-state index in [1.165, 1.54) is 22.4 Å². The van der Waals surface area contributed by atoms with Crippen molar-refractivity contribution in [2.24, 2.45) is 0 Å². The van der Waals surface area contributed by atoms with E-state index in [9.17, 15) is 4.79 Å². The monoisotopic (exact) mass is 232 g/mol. The SMILES string of the molecule is O=c1nc2n(c3c4c(sc13)CCC4)CCC2. The third-order valence-electron chi connectivity index (χ3n) is 3.68. The van der Waals surface area contributed by atoms with Crippen LogP contribution in [0.4, 0.5) is 0 Å². The molecule has 0 atom stereocenters. The molecule has 0 amide bonds. The lowest BCUT2D eigenvalue weighted by Crippen LogP contribution is -2.13. The Bertz CT molecular complexity index is 653. The van der Waals surface area contributed by atoms with Gasteiger partial charge in [0, 0.05) is 17.8 Å². The second-order valence-corrected chi connectivity index (χ2v) is 5.73. The van der Waals surface area contributed by atoms with Crippen molar-refractivity contribution in [2.75, 3.05) is 0 Å². The van der Waals surface area contributed by atoms with E-state index in [0.29, 0.717) is 0 Å². The normalized spacial score (nSPS) is 18.0. The molecule has 0 saturated carbocycles. The summed E-state index contributed by atoms with van der Waals surface area (Å²) < 4.78 is 3.19. The zero-order valence-electron chi connectivity index (χ0n) is 8.95. The van der Waals surface area contributed by atoms with Gasteiger partial charge in [-0.2, -0.15) is 4.98 Å². The number of hydrogen-bond donors (Lipinski definition) is 0. The lowest BCUT2D eigenvalue weighted by molar-refractivity contribution is 0.760. The second kappa shape index (κ2) is 2.94. The third-order valence-corrected chi connectivity index (χ3v) is 4.95. The smallest absolute Gasteiger partial charge is 0.290 e. The molecular weight excluding hydrogens is 220 g/mol. The van der Waals surface area contributed by atoms with Crippen LogP contribution in [0.2, 0.25) is 0 Å². The first-order valence-corrected chi connectivity index (χ1v) is 6.70. The largest absolute Gasteiger partial charge is 0.328 e. The summed E-state index contributed by atoms with van der Waals surface area (Å²) in [5, 5.41) is 0. The molecule has 16 heavy (non-hydrogen) atoms. The number of thiophene rings is 1. The molecule has 0 radical (unpaired) electrons. The lowest BCUT2D eigenvalue weighted by atomic mass is 10.2. The first-order valence-electron chi connectivity index (χ1n) is 5.88. The first-order chi connectivity index (χ1) is 7.84. The molecule has 0 bridgehead atoms. The van der Waals surface area contributed by atoms with E-state index in [1.54, 1.807) is 11.3 Å². The van der Waals surface area contributed by atoms with Crippen LogP contribution in [0.3, 0.4) is 0 Å². The summed E-state index contributed by atoms with van der Waals surface area (Å²) in [5.41, 5.74) is 2.68. The quantitative estimate of drug-likeness (QED) is 0.695. The molecule has 0 saturated heterocycles. The minimum atomic E-state index is 0.00236. The van der Waals surface area contributed by atoms with Gasteiger partial charge in [0.25, 0.3) is 5.56 Å². The minimum absolute atomic E-state index is 0.00236. The molecule has 3 nitrogen and oxygen atoms in total. The maximum Gasteiger partial charge on any atom is 0.290 e. The van der Waals surface area contributed by atoms with Crippen molar-refractivity contribution in [3.05, 3.63) is 26.6 Å². The van der Waals surface area contributed by atoms with Crippen LogP contribution >= 0.6 is 11.3 Å². The third kappa shape index (κ3) is 0.981. The molecular formula is C12H12N2OS. The highest BCUT2D eigenvalue weighted by atomic mass is 32.1. The fourth-order valence-electron chi connectivity index (χ4n) is 3.00. The Morgan fingerprint density at radius 3 is 3.06 bits per heavy atom. The summed E-state index contributed by atoms with van der Waals surface area (Å²) in [4.78, 5) is 17.6. The molecule has 4 rings (SSSR count). The van der Waals surface area contributed by atoms with Crippen molar-refractivity contribution in [3.63, 3.8) is 0 Å². The molecule has 2 aliphatic rings. The van der Waals surface area contributed by atoms with Crippen molar-refractivity contribution < 1.29 is 0 Å². The van der Waals surface area contributed by atoms with Crippen LogP contribution in [0.25, 0.3) is 10.2 Å². The number of fused-ring (bicyclic) bond motifs is 5. The van der Waals surface area contributed by atoms with Gasteiger partial charge in [-0.05, 0) is 31.2 Å². The molecule has 0 aromatic carbocycles. The van der Waals surface area contributed by atoms with Gasteiger partial charge in [0.15, 0.2) is 0 Å². The zero-order valence-corrected chi connectivity index (χ0v) is 9.77. The van der Waals surface area contributed by atoms with E-state index in [1.807, 2.05) is 0 Å². The predicted octanol–water partition coefficient (Wildman–Crippen LogP) is 1.89. The highest BCUT2D eigenvalue weighted by molar-refractivity contribution is 7.19. The van der Waals surface area contributed by atoms with Crippen LogP contribution in [0.5, 0.6) is 0 Å². The molecule has 0 N–H and O–H groups in total. The highest BCUT2D eigenvalue weighted by Gasteiger charge is 2.24. The fourth-order valence-corrected chi connectivity index (χ4v) is 4.28. The number of nitrogens with zero attached hydrogens (tertiary/aromatic N) is 2. The van der Waals surface area contributed by atoms with E-state index >= 15 is 0 Å². The van der Waals surface area contributed by atoms with Gasteiger partial charge in [-0.25, -0.2) is 0 Å². The van der Waals surface area contributed by atoms with Gasteiger partial charge in [0.1, 0.15) is 10.5 Å². The van der Waals surface area contributed by atoms with Crippen molar-refractivity contribution in [2.45, 2.75) is 38.6 Å². The Morgan fingerprint density at radius 2 is 2.12 bits per heavy atom. The van der Waals surface area contributed by atoms with Crippen LogP contribution in [0.15, 0.2) is 4.79 Å². The Labute approximate surface area is 96.7 Å². The second-order valence-electron chi connectivity index (χ2n) is 4.62. The number of hydrogen-bond acceptors (Lipinski definition) is 3. The maximum atomic E-state index is 11.9. The van der Waals surface area contributed by atoms with Crippen molar-refractivity contribution >= 4 is 21.6 Å². The van der Waals surface area contributed by atoms with Crippen molar-refractivity contribution in [1.29, 1.82) is 0 Å². The molecule has 0 unspecified atom stereocenters. The van der Waals surface area contributed by atoms with E-state index < -0.39 is 0 Å². The summed E-state index contributed by atoms with van der Waals surface area (Å²) in [6, 6.07) is 0. The molecule has 0 fully saturated rings. The minimum Gasteiger partial charge on any atom is -0.328 e. The number of aromatic nitrogens is 2. The molecule has 1 aliphatic carbocycles. The van der Waals surface area contributed by atoms with Gasteiger partial charge in [0.2, 0.25) is 0 Å². The Kier molecular flexibility index (Phi) is 1.64. The molecule has 0 spiro atoms. The van der Waals surface area contributed by atoms with Gasteiger partial charge >= 0.3 is 0 Å². The Morgan fingerprint density at radius 1 is 1.19 bits per heavy atom. The lowest BCUT2D eigenvalue weighted by Gasteiger charge is -2.06. The summed E-state index contributed by atoms with van der Waals surface area (Å²) in [6.45, 7) is 1.04. The van der Waals surface area contributed by atoms with E-state index in [-0.39, 0.29) is 5.56 Å². The number of aryl methyl sites for hydroxylation is 4. The summed E-state index contributed by atoms with van der Waals surface area (Å²) in [5.74, 6) is 1.00. The highest BCUT2D eigenvalue weighted by Crippen LogP contribution is 2.36. The van der Waals surface area contributed by atoms with Crippen LogP contribution < -0.4 is 5.56 Å². The van der Waals surface area contributed by atoms with Crippen molar-refractivity contribution in [3.8, 4) is 0 Å². The fraction of sp³-hybridized carbons (Fsp3) is 0.500. The zero-order chi connectivity index (χ0) is 10.7. The summed E-state index contributed by atoms with van der Waals surface area (Å²) in [7, 11) is 0. The molecule has 1 aliphatic heterocycles. The van der Waals surface area contributed by atoms with Crippen LogP contribution in [-0.4, -0.2) is 9.55 Å². The van der Waals surface area contributed by atoms with Crippen LogP contribution in [0, 0.1) is 0 Å². The van der Waals surface area contributed by atoms with Gasteiger partial charge in [-0.3, -0.25) is 4.79 Å². The predicted molar refractivity (Wildman–Crippen MR) is 64.2 cm³/mol. The topological polar surface area (TPSA) is 34.9 Å². The molecule has 2 aromatic heterocycles. The Balaban J connectivity index is 2.22. The summed E-state index contributed by atoms with van der Waals surface area (Å²) in [6.07, 6.45) is 5.66. The molecule has 4 heteroatoms. The van der Waals surface area contributed by atoms with Crippen molar-refractivity contribution in [1.82, 2.24) is 9.55 Å². The Hall–Kier alpha value is -1.16. The average Bonchev–Trinajstić information content (AvgIpc) is 2.88. The first kappa shape index (κ1) is 8.93. The standard InChI is InChI=1S/C12H12N2OS/c15-12-11-10(7-3-1-4-8(7)16-11)14-6-2-5-9(14)13-12/h1-6H2. The van der Waals surface area contributed by atoms with Gasteiger partial charge in [-0.15, -0.1) is 11.3 Å². The van der Waals surface area contributed by atoms with Gasteiger partial charge < -0.3 is 4.57 Å².